The largest absolute Gasteiger partial charge is 0.491 e. The summed E-state index contributed by atoms with van der Waals surface area (Å²) in [6.45, 7) is 6.23. The Labute approximate surface area is 135 Å². The van der Waals surface area contributed by atoms with Gasteiger partial charge in [-0.3, -0.25) is 0 Å². The number of halogens is 2. The van der Waals surface area contributed by atoms with Crippen LogP contribution >= 0.6 is 43.2 Å². The molecular weight excluding hydrogens is 388 g/mol. The molecule has 0 saturated heterocycles. The minimum atomic E-state index is 0.195. The molecule has 0 amide bonds. The van der Waals surface area contributed by atoms with Gasteiger partial charge in [0.15, 0.2) is 0 Å². The summed E-state index contributed by atoms with van der Waals surface area (Å²) in [6.07, 6.45) is 0.195. The predicted octanol–water partition coefficient (Wildman–Crippen LogP) is 6.09. The summed E-state index contributed by atoms with van der Waals surface area (Å²) in [6, 6.07) is 10.4. The second kappa shape index (κ2) is 6.42. The maximum atomic E-state index is 5.75. The molecule has 0 fully saturated rings. The number of hydrogen-bond donors (Lipinski definition) is 0. The molecule has 2 aromatic rings. The van der Waals surface area contributed by atoms with Crippen LogP contribution in [-0.4, -0.2) is 6.10 Å². The lowest BCUT2D eigenvalue weighted by Gasteiger charge is -2.14. The number of benzene rings is 1. The Balaban J connectivity index is 2.28. The lowest BCUT2D eigenvalue weighted by Crippen LogP contribution is -2.05. The Bertz CT molecular complexity index is 563. The predicted molar refractivity (Wildman–Crippen MR) is 89.7 cm³/mol. The van der Waals surface area contributed by atoms with Crippen molar-refractivity contribution in [3.8, 4) is 5.75 Å². The molecule has 0 radical (unpaired) electrons. The van der Waals surface area contributed by atoms with Gasteiger partial charge in [-0.1, -0.05) is 28.1 Å². The summed E-state index contributed by atoms with van der Waals surface area (Å²) in [4.78, 5) is 1.52. The van der Waals surface area contributed by atoms with Gasteiger partial charge < -0.3 is 4.74 Å². The number of rotatable bonds is 4. The van der Waals surface area contributed by atoms with Gasteiger partial charge in [0.2, 0.25) is 0 Å². The van der Waals surface area contributed by atoms with Gasteiger partial charge >= 0.3 is 0 Å². The molecule has 0 spiro atoms. The van der Waals surface area contributed by atoms with Gasteiger partial charge in [-0.15, -0.1) is 11.3 Å². The second-order valence-corrected chi connectivity index (χ2v) is 8.21. The third kappa shape index (κ3) is 3.83. The number of aryl methyl sites for hydroxylation is 1. The topological polar surface area (TPSA) is 9.23 Å². The average Bonchev–Trinajstić information content (AvgIpc) is 2.67. The Morgan fingerprint density at radius 3 is 2.53 bits per heavy atom. The minimum Gasteiger partial charge on any atom is -0.491 e. The van der Waals surface area contributed by atoms with Crippen molar-refractivity contribution in [2.24, 2.45) is 0 Å². The van der Waals surface area contributed by atoms with E-state index < -0.39 is 0 Å². The second-order valence-electron chi connectivity index (χ2n) is 4.66. The van der Waals surface area contributed by atoms with Crippen molar-refractivity contribution in [1.29, 1.82) is 0 Å². The van der Waals surface area contributed by atoms with E-state index in [0.29, 0.717) is 0 Å². The van der Waals surface area contributed by atoms with E-state index in [2.05, 4.69) is 57.0 Å². The van der Waals surface area contributed by atoms with Crippen molar-refractivity contribution < 1.29 is 4.74 Å². The fourth-order valence-corrected chi connectivity index (χ4v) is 4.57. The summed E-state index contributed by atoms with van der Waals surface area (Å²) in [5.74, 6) is 0.920. The Hall–Kier alpha value is -0.320. The third-order valence-corrected chi connectivity index (χ3v) is 5.31. The van der Waals surface area contributed by atoms with E-state index in [0.717, 1.165) is 5.75 Å². The van der Waals surface area contributed by atoms with Gasteiger partial charge in [-0.05, 0) is 66.0 Å². The molecule has 2 rings (SSSR count). The van der Waals surface area contributed by atoms with Crippen LogP contribution in [0.4, 0.5) is 0 Å². The van der Waals surface area contributed by atoms with E-state index in [1.807, 2.05) is 26.0 Å². The highest BCUT2D eigenvalue weighted by Crippen LogP contribution is 2.39. The lowest BCUT2D eigenvalue weighted by molar-refractivity contribution is 0.242. The van der Waals surface area contributed by atoms with Crippen molar-refractivity contribution in [3.05, 3.63) is 50.1 Å². The van der Waals surface area contributed by atoms with E-state index in [4.69, 9.17) is 4.74 Å². The molecule has 102 valence electrons. The highest BCUT2D eigenvalue weighted by atomic mass is 79.9. The normalized spacial score (nSPS) is 12.7. The van der Waals surface area contributed by atoms with Crippen LogP contribution in [0.25, 0.3) is 0 Å². The molecule has 1 nitrogen and oxygen atoms in total. The standard InChI is InChI=1S/C15H16Br2OS/c1-9(2)18-12-6-4-5-11(7-12)15(17)13-8-14(16)19-10(13)3/h4-9,15H,1-3H3. The Morgan fingerprint density at radius 1 is 1.21 bits per heavy atom. The van der Waals surface area contributed by atoms with E-state index in [-0.39, 0.29) is 10.9 Å². The molecule has 0 bridgehead atoms. The lowest BCUT2D eigenvalue weighted by atomic mass is 10.1. The summed E-state index contributed by atoms with van der Waals surface area (Å²) in [7, 11) is 0. The number of hydrogen-bond acceptors (Lipinski definition) is 2. The molecule has 0 N–H and O–H groups in total. The first-order valence-corrected chi connectivity index (χ1v) is 8.66. The summed E-state index contributed by atoms with van der Waals surface area (Å²) < 4.78 is 6.91. The molecule has 0 saturated carbocycles. The number of thiophene rings is 1. The van der Waals surface area contributed by atoms with Gasteiger partial charge in [0.05, 0.1) is 14.7 Å². The molecule has 0 aliphatic heterocycles. The van der Waals surface area contributed by atoms with Gasteiger partial charge in [0.1, 0.15) is 5.75 Å². The molecule has 1 aromatic carbocycles. The minimum absolute atomic E-state index is 0.195. The number of ether oxygens (including phenoxy) is 1. The van der Waals surface area contributed by atoms with E-state index in [1.54, 1.807) is 11.3 Å². The van der Waals surface area contributed by atoms with Crippen molar-refractivity contribution in [2.45, 2.75) is 31.7 Å². The molecule has 0 aliphatic carbocycles. The zero-order valence-electron chi connectivity index (χ0n) is 11.1. The highest BCUT2D eigenvalue weighted by Gasteiger charge is 2.16. The zero-order chi connectivity index (χ0) is 14.0. The molecule has 4 heteroatoms. The Morgan fingerprint density at radius 2 is 1.95 bits per heavy atom. The Kier molecular flexibility index (Phi) is 5.09. The zero-order valence-corrected chi connectivity index (χ0v) is 15.1. The maximum Gasteiger partial charge on any atom is 0.120 e. The van der Waals surface area contributed by atoms with E-state index >= 15 is 0 Å². The van der Waals surface area contributed by atoms with E-state index in [1.165, 1.54) is 19.8 Å². The van der Waals surface area contributed by atoms with Crippen molar-refractivity contribution in [2.75, 3.05) is 0 Å². The fourth-order valence-electron chi connectivity index (χ4n) is 1.91. The van der Waals surface area contributed by atoms with Crippen LogP contribution < -0.4 is 4.74 Å². The van der Waals surface area contributed by atoms with Crippen molar-refractivity contribution in [3.63, 3.8) is 0 Å². The monoisotopic (exact) mass is 402 g/mol. The average molecular weight is 404 g/mol. The molecule has 1 heterocycles. The molecule has 1 unspecified atom stereocenters. The highest BCUT2D eigenvalue weighted by molar-refractivity contribution is 9.11. The van der Waals surface area contributed by atoms with Crippen molar-refractivity contribution in [1.82, 2.24) is 0 Å². The molecular formula is C15H16Br2OS. The summed E-state index contributed by atoms with van der Waals surface area (Å²) in [5, 5.41) is 0. The quantitative estimate of drug-likeness (QED) is 0.561. The van der Waals surface area contributed by atoms with Crippen LogP contribution in [-0.2, 0) is 0 Å². The smallest absolute Gasteiger partial charge is 0.120 e. The van der Waals surface area contributed by atoms with Gasteiger partial charge in [-0.25, -0.2) is 0 Å². The van der Waals surface area contributed by atoms with Gasteiger partial charge in [-0.2, -0.15) is 0 Å². The van der Waals surface area contributed by atoms with E-state index in [9.17, 15) is 0 Å². The van der Waals surface area contributed by atoms with Crippen LogP contribution in [0.2, 0.25) is 0 Å². The van der Waals surface area contributed by atoms with Crippen LogP contribution in [0, 0.1) is 6.92 Å². The van der Waals surface area contributed by atoms with Crippen LogP contribution in [0.1, 0.15) is 34.7 Å². The van der Waals surface area contributed by atoms with Gasteiger partial charge in [0.25, 0.3) is 0 Å². The van der Waals surface area contributed by atoms with Crippen LogP contribution in [0.5, 0.6) is 5.75 Å². The van der Waals surface area contributed by atoms with Gasteiger partial charge in [0, 0.05) is 4.88 Å². The first-order valence-electron chi connectivity index (χ1n) is 6.14. The van der Waals surface area contributed by atoms with Crippen LogP contribution in [0.15, 0.2) is 34.1 Å². The summed E-state index contributed by atoms with van der Waals surface area (Å²) in [5.41, 5.74) is 2.52. The SMILES string of the molecule is Cc1sc(Br)cc1C(Br)c1cccc(OC(C)C)c1. The maximum absolute atomic E-state index is 5.75. The first-order chi connectivity index (χ1) is 8.97. The molecule has 0 aliphatic rings. The van der Waals surface area contributed by atoms with Crippen molar-refractivity contribution >= 4 is 43.2 Å². The summed E-state index contributed by atoms with van der Waals surface area (Å²) >= 11 is 9.10. The molecule has 1 aromatic heterocycles. The fraction of sp³-hybridized carbons (Fsp3) is 0.333. The molecule has 19 heavy (non-hydrogen) atoms. The molecule has 1 atom stereocenters. The first kappa shape index (κ1) is 15.1. The third-order valence-electron chi connectivity index (χ3n) is 2.72. The van der Waals surface area contributed by atoms with Crippen LogP contribution in [0.3, 0.4) is 0 Å². The number of alkyl halides is 1.